The van der Waals surface area contributed by atoms with Crippen LogP contribution in [-0.4, -0.2) is 33.3 Å². The number of nitrogens with zero attached hydrogens (tertiary/aromatic N) is 5. The van der Waals surface area contributed by atoms with Crippen LogP contribution in [0.5, 0.6) is 5.88 Å². The highest BCUT2D eigenvalue weighted by atomic mass is 35.5. The third kappa shape index (κ3) is 3.01. The molecule has 1 atom stereocenters. The molecule has 8 nitrogen and oxygen atoms in total. The van der Waals surface area contributed by atoms with Gasteiger partial charge in [-0.3, -0.25) is 4.79 Å². The summed E-state index contributed by atoms with van der Waals surface area (Å²) in [4.78, 5) is 28.9. The third-order valence-corrected chi connectivity index (χ3v) is 4.61. The molecule has 2 aromatic heterocycles. The molecule has 3 heterocycles. The summed E-state index contributed by atoms with van der Waals surface area (Å²) >= 11 is 11.9. The second-order valence-corrected chi connectivity index (χ2v) is 6.35. The molecule has 0 N–H and O–H groups in total. The monoisotopic (exact) mass is 436 g/mol. The van der Waals surface area contributed by atoms with Crippen molar-refractivity contribution in [2.24, 2.45) is 12.0 Å². The number of rotatable bonds is 4. The lowest BCUT2D eigenvalue weighted by atomic mass is 10.2. The number of hydrogen-bond donors (Lipinski definition) is 0. The van der Waals surface area contributed by atoms with Gasteiger partial charge in [-0.25, -0.2) is 18.9 Å². The molecule has 13 heteroatoms. The van der Waals surface area contributed by atoms with Crippen molar-refractivity contribution in [1.82, 2.24) is 19.0 Å². The topological polar surface area (TPSA) is 78.5 Å². The molecule has 0 bridgehead atoms. The van der Waals surface area contributed by atoms with Gasteiger partial charge < -0.3 is 4.74 Å². The molecule has 1 aliphatic heterocycles. The Kier molecular flexibility index (Phi) is 5.08. The van der Waals surface area contributed by atoms with E-state index in [4.69, 9.17) is 23.2 Å². The van der Waals surface area contributed by atoms with E-state index in [0.717, 1.165) is 21.8 Å². The van der Waals surface area contributed by atoms with Gasteiger partial charge in [-0.2, -0.15) is 13.9 Å². The largest absolute Gasteiger partial charge is 0.416 e. The number of quaternary nitrogens is 1. The van der Waals surface area contributed by atoms with Crippen molar-refractivity contribution >= 4 is 35.4 Å². The van der Waals surface area contributed by atoms with Gasteiger partial charge in [0.15, 0.2) is 6.20 Å². The number of pyridine rings is 1. The van der Waals surface area contributed by atoms with Crippen LogP contribution in [0.25, 0.3) is 11.4 Å². The van der Waals surface area contributed by atoms with Crippen LogP contribution in [0.1, 0.15) is 6.92 Å². The van der Waals surface area contributed by atoms with Crippen LogP contribution in [0.3, 0.4) is 0 Å². The van der Waals surface area contributed by atoms with Gasteiger partial charge in [0.05, 0.1) is 13.1 Å². The number of aromatic nitrogens is 3. The average Bonchev–Trinajstić information content (AvgIpc) is 3.20. The lowest BCUT2D eigenvalue weighted by Gasteiger charge is -2.26. The molecule has 0 aromatic carbocycles. The molecule has 0 saturated heterocycles. The van der Waals surface area contributed by atoms with Gasteiger partial charge in [-0.05, 0) is 0 Å². The van der Waals surface area contributed by atoms with E-state index in [9.17, 15) is 22.8 Å². The van der Waals surface area contributed by atoms with E-state index in [1.807, 2.05) is 0 Å². The van der Waals surface area contributed by atoms with E-state index < -0.39 is 44.4 Å². The SMILES string of the molecule is CC(=O)[N+]1(n2c(-c3nn(C)c(OC(F)F)c3Cl)cc(F)c(Cl)c2=O)C=CN=C1. The molecule has 3 rings (SSSR count). The first-order valence-electron chi connectivity index (χ1n) is 7.51. The van der Waals surface area contributed by atoms with Gasteiger partial charge in [-0.15, -0.1) is 4.68 Å². The maximum Gasteiger partial charge on any atom is 0.388 e. The molecular weight excluding hydrogens is 426 g/mol. The van der Waals surface area contributed by atoms with E-state index in [0.29, 0.717) is 0 Å². The zero-order valence-electron chi connectivity index (χ0n) is 14.2. The number of halogens is 5. The maximum atomic E-state index is 14.2. The number of carbonyl (C=O) groups is 1. The smallest absolute Gasteiger partial charge is 0.388 e. The van der Waals surface area contributed by atoms with Crippen LogP contribution >= 0.6 is 23.2 Å². The molecular formula is C15H11Cl2F3N5O3+. The summed E-state index contributed by atoms with van der Waals surface area (Å²) in [6.45, 7) is -2.03. The minimum atomic E-state index is -3.20. The molecule has 1 aliphatic rings. The second kappa shape index (κ2) is 7.08. The Bertz CT molecular complexity index is 1080. The Labute approximate surface area is 165 Å². The van der Waals surface area contributed by atoms with Crippen molar-refractivity contribution in [2.75, 3.05) is 0 Å². The molecule has 0 saturated carbocycles. The molecule has 0 spiro atoms. The summed E-state index contributed by atoms with van der Waals surface area (Å²) in [7, 11) is 1.26. The summed E-state index contributed by atoms with van der Waals surface area (Å²) in [5, 5.41) is 2.73. The van der Waals surface area contributed by atoms with E-state index in [2.05, 4.69) is 14.8 Å². The highest BCUT2D eigenvalue weighted by Gasteiger charge is 2.41. The quantitative estimate of drug-likeness (QED) is 0.690. The summed E-state index contributed by atoms with van der Waals surface area (Å²) in [6, 6.07) is 0.813. The number of aliphatic imine (C=N–C) groups is 1. The van der Waals surface area contributed by atoms with Crippen molar-refractivity contribution in [3.05, 3.63) is 44.7 Å². The minimum Gasteiger partial charge on any atom is -0.416 e. The molecule has 0 radical (unpaired) electrons. The average molecular weight is 437 g/mol. The zero-order valence-corrected chi connectivity index (χ0v) is 15.7. The van der Waals surface area contributed by atoms with Gasteiger partial charge in [-0.1, -0.05) is 27.8 Å². The van der Waals surface area contributed by atoms with Crippen LogP contribution in [0.2, 0.25) is 10.0 Å². The Balaban J connectivity index is 2.39. The fourth-order valence-electron chi connectivity index (χ4n) is 2.67. The summed E-state index contributed by atoms with van der Waals surface area (Å²) < 4.78 is 44.6. The van der Waals surface area contributed by atoms with Crippen LogP contribution in [-0.2, 0) is 11.8 Å². The standard InChI is InChI=1S/C15H11Cl2F3N5O3/c1-7(26)25(4-3-21-6-25)24-9(5-8(18)10(16)13(24)27)12-11(17)14(23(2)22-12)28-15(19)20/h3-6,15H,1-2H3/q+1. The highest BCUT2D eigenvalue weighted by Crippen LogP contribution is 2.36. The number of alkyl halides is 2. The van der Waals surface area contributed by atoms with Gasteiger partial charge in [0.25, 0.3) is 0 Å². The van der Waals surface area contributed by atoms with Crippen LogP contribution in [0, 0.1) is 5.82 Å². The number of ether oxygens (including phenoxy) is 1. The molecule has 0 aliphatic carbocycles. The zero-order chi connectivity index (χ0) is 20.8. The molecule has 148 valence electrons. The molecule has 0 fully saturated rings. The van der Waals surface area contributed by atoms with Gasteiger partial charge in [0.1, 0.15) is 27.3 Å². The fourth-order valence-corrected chi connectivity index (χ4v) is 3.11. The van der Waals surface area contributed by atoms with Crippen LogP contribution in [0.4, 0.5) is 13.2 Å². The molecule has 1 unspecified atom stereocenters. The lowest BCUT2D eigenvalue weighted by Crippen LogP contribution is -2.59. The number of aryl methyl sites for hydroxylation is 1. The Morgan fingerprint density at radius 2 is 2.00 bits per heavy atom. The van der Waals surface area contributed by atoms with Gasteiger partial charge >= 0.3 is 18.1 Å². The van der Waals surface area contributed by atoms with Crippen LogP contribution in [0.15, 0.2) is 28.3 Å². The first-order chi connectivity index (χ1) is 13.1. The second-order valence-electron chi connectivity index (χ2n) is 5.60. The van der Waals surface area contributed by atoms with E-state index in [1.165, 1.54) is 26.4 Å². The van der Waals surface area contributed by atoms with E-state index >= 15 is 0 Å². The Hall–Kier alpha value is -2.63. The maximum absolute atomic E-state index is 14.2. The van der Waals surface area contributed by atoms with Crippen molar-refractivity contribution in [2.45, 2.75) is 13.5 Å². The molecule has 28 heavy (non-hydrogen) atoms. The third-order valence-electron chi connectivity index (χ3n) is 3.92. The predicted octanol–water partition coefficient (Wildman–Crippen LogP) is 2.79. The number of hydrogen-bond acceptors (Lipinski definition) is 5. The van der Waals surface area contributed by atoms with Gasteiger partial charge in [0, 0.05) is 13.1 Å². The highest BCUT2D eigenvalue weighted by molar-refractivity contribution is 6.34. The predicted molar refractivity (Wildman–Crippen MR) is 95.4 cm³/mol. The Morgan fingerprint density at radius 1 is 1.32 bits per heavy atom. The molecule has 2 aromatic rings. The van der Waals surface area contributed by atoms with Gasteiger partial charge in [0.2, 0.25) is 12.2 Å². The van der Waals surface area contributed by atoms with Crippen molar-refractivity contribution in [3.8, 4) is 17.3 Å². The lowest BCUT2D eigenvalue weighted by molar-refractivity contribution is -0.126. The first-order valence-corrected chi connectivity index (χ1v) is 8.27. The van der Waals surface area contributed by atoms with Crippen molar-refractivity contribution in [3.63, 3.8) is 0 Å². The number of amides is 1. The summed E-state index contributed by atoms with van der Waals surface area (Å²) in [6.07, 6.45) is 3.60. The fraction of sp³-hybridized carbons (Fsp3) is 0.200. The summed E-state index contributed by atoms with van der Waals surface area (Å²) in [5.74, 6) is -2.22. The van der Waals surface area contributed by atoms with E-state index in [-0.39, 0.29) is 11.4 Å². The molecule has 1 amide bonds. The van der Waals surface area contributed by atoms with Crippen molar-refractivity contribution < 1.29 is 22.7 Å². The van der Waals surface area contributed by atoms with E-state index in [1.54, 1.807) is 0 Å². The van der Waals surface area contributed by atoms with Crippen molar-refractivity contribution in [1.29, 1.82) is 0 Å². The minimum absolute atomic E-state index is 0.278. The summed E-state index contributed by atoms with van der Waals surface area (Å²) in [5.41, 5.74) is -1.66. The number of carbonyl (C=O) groups excluding carboxylic acids is 1. The Morgan fingerprint density at radius 3 is 2.54 bits per heavy atom. The first kappa shape index (κ1) is 20.1. The van der Waals surface area contributed by atoms with Crippen LogP contribution < -0.4 is 14.9 Å². The normalized spacial score (nSPS) is 18.3.